The molecule has 0 N–H and O–H groups in total. The van der Waals surface area contributed by atoms with Crippen LogP contribution in [0.3, 0.4) is 0 Å². The largest absolute Gasteiger partial charge is 0.496 e. The highest BCUT2D eigenvalue weighted by atomic mass is 127. The Labute approximate surface area is 93.4 Å². The summed E-state index contributed by atoms with van der Waals surface area (Å²) in [6.45, 7) is 0. The van der Waals surface area contributed by atoms with Crippen LogP contribution in [0.25, 0.3) is 0 Å². The van der Waals surface area contributed by atoms with Crippen molar-refractivity contribution in [2.24, 2.45) is 0 Å². The molecule has 76 valence electrons. The Bertz CT molecular complexity index is 347. The van der Waals surface area contributed by atoms with Crippen molar-refractivity contribution in [2.75, 3.05) is 7.11 Å². The first-order valence-electron chi connectivity index (χ1n) is 3.71. The number of para-hydroxylation sites is 1. The Balaban J connectivity index is 3.13. The summed E-state index contributed by atoms with van der Waals surface area (Å²) in [5, 5.41) is 0. The number of methoxy groups -OCH3 is 1. The minimum atomic E-state index is -3.40. The molecule has 5 heteroatoms. The van der Waals surface area contributed by atoms with E-state index in [1.54, 1.807) is 6.07 Å². The number of alkyl halides is 3. The Kier molecular flexibility index (Phi) is 3.41. The second kappa shape index (κ2) is 4.20. The van der Waals surface area contributed by atoms with Gasteiger partial charge in [0.25, 0.3) is 0 Å². The number of rotatable bonds is 3. The van der Waals surface area contributed by atoms with Crippen LogP contribution in [0.1, 0.15) is 10.4 Å². The Morgan fingerprint density at radius 3 is 2.50 bits per heavy atom. The maximum absolute atomic E-state index is 12.7. The first-order valence-corrected chi connectivity index (χ1v) is 4.79. The molecule has 0 amide bonds. The van der Waals surface area contributed by atoms with Crippen LogP contribution in [0, 0.1) is 0 Å². The molecule has 0 atom stereocenters. The van der Waals surface area contributed by atoms with Gasteiger partial charge in [-0.1, -0.05) is 12.1 Å². The van der Waals surface area contributed by atoms with E-state index in [1.807, 2.05) is 0 Å². The van der Waals surface area contributed by atoms with E-state index in [9.17, 15) is 13.6 Å². The Hall–Kier alpha value is -0.720. The molecule has 0 heterocycles. The highest BCUT2D eigenvalue weighted by molar-refractivity contribution is 14.1. The SMILES string of the molecule is COc1ccccc1C(=O)C(F)(F)I. The van der Waals surface area contributed by atoms with Gasteiger partial charge in [0.2, 0.25) is 5.78 Å². The molecule has 0 fully saturated rings. The lowest BCUT2D eigenvalue weighted by molar-refractivity contribution is 0.0623. The molecule has 1 aromatic rings. The van der Waals surface area contributed by atoms with E-state index in [-0.39, 0.29) is 11.3 Å². The summed E-state index contributed by atoms with van der Waals surface area (Å²) >= 11 is 0.801. The topological polar surface area (TPSA) is 26.3 Å². The smallest absolute Gasteiger partial charge is 0.358 e. The lowest BCUT2D eigenvalue weighted by atomic mass is 10.1. The highest BCUT2D eigenvalue weighted by Gasteiger charge is 2.37. The van der Waals surface area contributed by atoms with Crippen LogP contribution in [0.5, 0.6) is 5.75 Å². The zero-order chi connectivity index (χ0) is 10.8. The lowest BCUT2D eigenvalue weighted by Gasteiger charge is -2.10. The van der Waals surface area contributed by atoms with E-state index in [1.165, 1.54) is 25.3 Å². The molecular weight excluding hydrogens is 305 g/mol. The number of benzene rings is 1. The van der Waals surface area contributed by atoms with Crippen LogP contribution in [0.15, 0.2) is 24.3 Å². The fourth-order valence-electron chi connectivity index (χ4n) is 0.985. The standard InChI is InChI=1S/C9H7F2IO2/c1-14-7-5-3-2-4-6(7)8(13)9(10,11)12/h2-5H,1H3. The number of ether oxygens (including phenoxy) is 1. The van der Waals surface area contributed by atoms with Gasteiger partial charge in [0.15, 0.2) is 0 Å². The van der Waals surface area contributed by atoms with Crippen LogP contribution in [-0.4, -0.2) is 16.8 Å². The number of carbonyl (C=O) groups is 1. The Morgan fingerprint density at radius 1 is 1.43 bits per heavy atom. The molecule has 0 aliphatic carbocycles. The predicted octanol–water partition coefficient (Wildman–Crippen LogP) is 2.91. The maximum atomic E-state index is 12.7. The maximum Gasteiger partial charge on any atom is 0.358 e. The summed E-state index contributed by atoms with van der Waals surface area (Å²) in [6, 6.07) is 5.91. The third-order valence-corrected chi connectivity index (χ3v) is 2.10. The number of hydrogen-bond acceptors (Lipinski definition) is 2. The number of halogens is 3. The Morgan fingerprint density at radius 2 is 2.00 bits per heavy atom. The van der Waals surface area contributed by atoms with Crippen molar-refractivity contribution in [3.05, 3.63) is 29.8 Å². The van der Waals surface area contributed by atoms with Gasteiger partial charge in [-0.3, -0.25) is 4.79 Å². The molecule has 2 nitrogen and oxygen atoms in total. The van der Waals surface area contributed by atoms with Gasteiger partial charge in [-0.2, -0.15) is 8.78 Å². The third-order valence-electron chi connectivity index (χ3n) is 1.61. The summed E-state index contributed by atoms with van der Waals surface area (Å²) in [6.07, 6.45) is 0. The summed E-state index contributed by atoms with van der Waals surface area (Å²) in [4.78, 5) is 11.2. The van der Waals surface area contributed by atoms with Crippen molar-refractivity contribution >= 4 is 28.4 Å². The normalized spacial score (nSPS) is 11.1. The van der Waals surface area contributed by atoms with E-state index >= 15 is 0 Å². The second-order valence-corrected chi connectivity index (χ2v) is 3.88. The zero-order valence-corrected chi connectivity index (χ0v) is 9.42. The van der Waals surface area contributed by atoms with Crippen molar-refractivity contribution in [1.82, 2.24) is 0 Å². The molecule has 0 aromatic heterocycles. The first-order chi connectivity index (χ1) is 6.46. The van der Waals surface area contributed by atoms with Gasteiger partial charge in [0.05, 0.1) is 12.7 Å². The van der Waals surface area contributed by atoms with E-state index in [0.29, 0.717) is 0 Å². The average molecular weight is 312 g/mol. The minimum absolute atomic E-state index is 0.102. The van der Waals surface area contributed by atoms with Crippen LogP contribution in [0.4, 0.5) is 8.78 Å². The molecule has 0 spiro atoms. The van der Waals surface area contributed by atoms with Gasteiger partial charge in [-0.25, -0.2) is 0 Å². The summed E-state index contributed by atoms with van der Waals surface area (Å²) in [7, 11) is 1.33. The monoisotopic (exact) mass is 312 g/mol. The molecule has 0 unspecified atom stereocenters. The molecule has 14 heavy (non-hydrogen) atoms. The van der Waals surface area contributed by atoms with Gasteiger partial charge in [0, 0.05) is 22.6 Å². The molecule has 0 aliphatic heterocycles. The van der Waals surface area contributed by atoms with Crippen molar-refractivity contribution in [3.63, 3.8) is 0 Å². The summed E-state index contributed by atoms with van der Waals surface area (Å²) in [5.74, 6) is -1.08. The summed E-state index contributed by atoms with van der Waals surface area (Å²) < 4.78 is 26.8. The van der Waals surface area contributed by atoms with E-state index < -0.39 is 9.71 Å². The quantitative estimate of drug-likeness (QED) is 0.487. The predicted molar refractivity (Wildman–Crippen MR) is 56.3 cm³/mol. The van der Waals surface area contributed by atoms with Crippen molar-refractivity contribution in [2.45, 2.75) is 3.93 Å². The fourth-order valence-corrected chi connectivity index (χ4v) is 1.28. The molecule has 0 radical (unpaired) electrons. The molecule has 0 saturated heterocycles. The van der Waals surface area contributed by atoms with Gasteiger partial charge < -0.3 is 4.74 Å². The van der Waals surface area contributed by atoms with Crippen LogP contribution in [-0.2, 0) is 0 Å². The number of ketones is 1. The van der Waals surface area contributed by atoms with Gasteiger partial charge in [-0.05, 0) is 12.1 Å². The number of Topliss-reactive ketones (excluding diaryl/α,β-unsaturated/α-hetero) is 1. The number of carbonyl (C=O) groups excluding carboxylic acids is 1. The van der Waals surface area contributed by atoms with Crippen LogP contribution >= 0.6 is 22.6 Å². The molecule has 0 aliphatic rings. The number of hydrogen-bond donors (Lipinski definition) is 0. The van der Waals surface area contributed by atoms with Crippen molar-refractivity contribution in [3.8, 4) is 5.75 Å². The first kappa shape index (κ1) is 11.4. The minimum Gasteiger partial charge on any atom is -0.496 e. The van der Waals surface area contributed by atoms with Gasteiger partial charge in [0.1, 0.15) is 5.75 Å². The average Bonchev–Trinajstić information content (AvgIpc) is 2.15. The van der Waals surface area contributed by atoms with Crippen molar-refractivity contribution in [1.29, 1.82) is 0 Å². The zero-order valence-electron chi connectivity index (χ0n) is 7.26. The summed E-state index contributed by atoms with van der Waals surface area (Å²) in [5.41, 5.74) is -0.102. The molecular formula is C9H7F2IO2. The van der Waals surface area contributed by atoms with E-state index in [0.717, 1.165) is 22.6 Å². The van der Waals surface area contributed by atoms with E-state index in [2.05, 4.69) is 0 Å². The molecule has 1 rings (SSSR count). The molecule has 0 saturated carbocycles. The highest BCUT2D eigenvalue weighted by Crippen LogP contribution is 2.31. The van der Waals surface area contributed by atoms with Crippen molar-refractivity contribution < 1.29 is 18.3 Å². The molecule has 0 bridgehead atoms. The van der Waals surface area contributed by atoms with Crippen LogP contribution < -0.4 is 4.74 Å². The van der Waals surface area contributed by atoms with Gasteiger partial charge in [-0.15, -0.1) is 0 Å². The molecule has 1 aromatic carbocycles. The third kappa shape index (κ3) is 2.40. The fraction of sp³-hybridized carbons (Fsp3) is 0.222. The lowest BCUT2D eigenvalue weighted by Crippen LogP contribution is -2.21. The van der Waals surface area contributed by atoms with E-state index in [4.69, 9.17) is 4.74 Å². The van der Waals surface area contributed by atoms with Gasteiger partial charge >= 0.3 is 3.93 Å². The van der Waals surface area contributed by atoms with Crippen LogP contribution in [0.2, 0.25) is 0 Å². The second-order valence-electron chi connectivity index (χ2n) is 2.53.